The van der Waals surface area contributed by atoms with E-state index in [-0.39, 0.29) is 22.5 Å². The minimum absolute atomic E-state index is 0.0677. The van der Waals surface area contributed by atoms with Gasteiger partial charge in [-0.1, -0.05) is 13.8 Å². The molecule has 0 aromatic heterocycles. The van der Waals surface area contributed by atoms with Crippen molar-refractivity contribution in [3.05, 3.63) is 10.1 Å². The van der Waals surface area contributed by atoms with Gasteiger partial charge in [-0.05, 0) is 61.2 Å². The molecule has 0 heterocycles. The number of carbonyl (C=O) groups is 2. The first-order valence-electron chi connectivity index (χ1n) is 9.62. The highest BCUT2D eigenvalue weighted by atomic mass is 17.0. The summed E-state index contributed by atoms with van der Waals surface area (Å²) in [5.74, 6) is 1.56. The molecule has 0 amide bonds. The Kier molecular flexibility index (Phi) is 3.75. The second-order valence-corrected chi connectivity index (χ2v) is 9.25. The maximum absolute atomic E-state index is 12.5. The first-order chi connectivity index (χ1) is 11.8. The van der Waals surface area contributed by atoms with E-state index < -0.39 is 11.2 Å². The largest absolute Gasteiger partial charge is 0.310 e. The summed E-state index contributed by atoms with van der Waals surface area (Å²) >= 11 is 0. The number of hydrogen-bond donors (Lipinski definition) is 0. The second kappa shape index (κ2) is 5.52. The molecule has 0 aromatic carbocycles. The van der Waals surface area contributed by atoms with Gasteiger partial charge in [0.25, 0.3) is 5.09 Å². The van der Waals surface area contributed by atoms with Crippen molar-refractivity contribution in [2.45, 2.75) is 71.3 Å². The van der Waals surface area contributed by atoms with Crippen molar-refractivity contribution in [2.75, 3.05) is 0 Å². The van der Waals surface area contributed by atoms with Gasteiger partial charge in [-0.15, -0.1) is 10.1 Å². The molecule has 138 valence electrons. The van der Waals surface area contributed by atoms with Crippen molar-refractivity contribution in [2.24, 2.45) is 34.5 Å². The van der Waals surface area contributed by atoms with Crippen molar-refractivity contribution in [1.82, 2.24) is 0 Å². The predicted molar refractivity (Wildman–Crippen MR) is 89.0 cm³/mol. The fourth-order valence-electron chi connectivity index (χ4n) is 7.06. The SMILES string of the molecule is C[C@]12CCC(=O)CC1[C@H](O[N+](=O)[O-])C[C@@H]1[C@@H]2CC[C@]2(C)C(=O)CC[C@@H]12. The van der Waals surface area contributed by atoms with E-state index in [1.807, 2.05) is 0 Å². The van der Waals surface area contributed by atoms with E-state index in [1.54, 1.807) is 0 Å². The Hall–Kier alpha value is -1.46. The Morgan fingerprint density at radius 1 is 1.08 bits per heavy atom. The van der Waals surface area contributed by atoms with Gasteiger partial charge < -0.3 is 4.84 Å². The Balaban J connectivity index is 1.71. The fraction of sp³-hybridized carbons (Fsp3) is 0.895. The third kappa shape index (κ3) is 2.36. The highest BCUT2D eigenvalue weighted by Crippen LogP contribution is 2.65. The molecule has 4 aliphatic carbocycles. The zero-order chi connectivity index (χ0) is 18.0. The summed E-state index contributed by atoms with van der Waals surface area (Å²) in [4.78, 5) is 40.7. The van der Waals surface area contributed by atoms with Crippen molar-refractivity contribution in [3.8, 4) is 0 Å². The molecular weight excluding hydrogens is 322 g/mol. The molecule has 4 fully saturated rings. The van der Waals surface area contributed by atoms with E-state index in [1.165, 1.54) is 0 Å². The van der Waals surface area contributed by atoms with Crippen LogP contribution in [0.1, 0.15) is 65.2 Å². The number of carbonyl (C=O) groups excluding carboxylic acids is 2. The number of ketones is 2. The van der Waals surface area contributed by atoms with E-state index in [0.717, 1.165) is 25.7 Å². The summed E-state index contributed by atoms with van der Waals surface area (Å²) in [5.41, 5.74) is -0.349. The first kappa shape index (κ1) is 17.0. The van der Waals surface area contributed by atoms with Crippen molar-refractivity contribution in [3.63, 3.8) is 0 Å². The maximum atomic E-state index is 12.5. The van der Waals surface area contributed by atoms with Gasteiger partial charge in [-0.3, -0.25) is 9.59 Å². The topological polar surface area (TPSA) is 86.5 Å². The smallest absolute Gasteiger partial charge is 0.294 e. The van der Waals surface area contributed by atoms with Crippen LogP contribution in [0, 0.1) is 44.6 Å². The number of fused-ring (bicyclic) bond motifs is 5. The van der Waals surface area contributed by atoms with Gasteiger partial charge >= 0.3 is 0 Å². The lowest BCUT2D eigenvalue weighted by Crippen LogP contribution is -2.58. The molecule has 4 rings (SSSR count). The van der Waals surface area contributed by atoms with Gasteiger partial charge in [0.05, 0.1) is 0 Å². The summed E-state index contributed by atoms with van der Waals surface area (Å²) in [6.45, 7) is 4.32. The lowest BCUT2D eigenvalue weighted by molar-refractivity contribution is -0.772. The van der Waals surface area contributed by atoms with Crippen molar-refractivity contribution in [1.29, 1.82) is 0 Å². The van der Waals surface area contributed by atoms with Crippen LogP contribution in [-0.4, -0.2) is 22.8 Å². The highest BCUT2D eigenvalue weighted by Gasteiger charge is 2.62. The molecule has 0 aromatic rings. The minimum Gasteiger partial charge on any atom is -0.310 e. The maximum Gasteiger partial charge on any atom is 0.294 e. The summed E-state index contributed by atoms with van der Waals surface area (Å²) in [6.07, 6.45) is 5.35. The molecule has 4 aliphatic rings. The van der Waals surface area contributed by atoms with Crippen LogP contribution >= 0.6 is 0 Å². The quantitative estimate of drug-likeness (QED) is 0.563. The van der Waals surface area contributed by atoms with Crippen LogP contribution in [0.5, 0.6) is 0 Å². The van der Waals surface area contributed by atoms with E-state index >= 15 is 0 Å². The lowest BCUT2D eigenvalue weighted by atomic mass is 9.44. The highest BCUT2D eigenvalue weighted by molar-refractivity contribution is 5.87. The molecule has 7 atom stereocenters. The van der Waals surface area contributed by atoms with Crippen LogP contribution in [-0.2, 0) is 14.4 Å². The van der Waals surface area contributed by atoms with Crippen LogP contribution < -0.4 is 0 Å². The third-order valence-corrected chi connectivity index (χ3v) is 8.41. The fourth-order valence-corrected chi connectivity index (χ4v) is 7.06. The molecule has 0 radical (unpaired) electrons. The van der Waals surface area contributed by atoms with Gasteiger partial charge in [-0.2, -0.15) is 0 Å². The molecular formula is C19H27NO5. The zero-order valence-corrected chi connectivity index (χ0v) is 15.0. The molecule has 0 saturated heterocycles. The van der Waals surface area contributed by atoms with Crippen LogP contribution in [0.2, 0.25) is 0 Å². The summed E-state index contributed by atoms with van der Waals surface area (Å²) in [5, 5.41) is 10.4. The lowest BCUT2D eigenvalue weighted by Gasteiger charge is -2.60. The van der Waals surface area contributed by atoms with Gasteiger partial charge in [0.1, 0.15) is 17.7 Å². The van der Waals surface area contributed by atoms with E-state index in [4.69, 9.17) is 4.84 Å². The van der Waals surface area contributed by atoms with Crippen LogP contribution in [0.15, 0.2) is 0 Å². The first-order valence-corrected chi connectivity index (χ1v) is 9.62. The summed E-state index contributed by atoms with van der Waals surface area (Å²) in [6, 6.07) is 0. The Morgan fingerprint density at radius 2 is 1.84 bits per heavy atom. The van der Waals surface area contributed by atoms with Gasteiger partial charge in [0.2, 0.25) is 0 Å². The van der Waals surface area contributed by atoms with Crippen molar-refractivity contribution < 1.29 is 19.5 Å². The molecule has 0 bridgehead atoms. The molecule has 6 nitrogen and oxygen atoms in total. The van der Waals surface area contributed by atoms with E-state index in [9.17, 15) is 19.7 Å². The van der Waals surface area contributed by atoms with Gasteiger partial charge in [-0.25, -0.2) is 0 Å². The average Bonchev–Trinajstić information content (AvgIpc) is 2.84. The Bertz CT molecular complexity index is 633. The number of nitrogens with zero attached hydrogens (tertiary/aromatic N) is 1. The molecule has 0 aliphatic heterocycles. The van der Waals surface area contributed by atoms with E-state index in [2.05, 4.69) is 13.8 Å². The minimum atomic E-state index is -0.688. The predicted octanol–water partition coefficient (Wildman–Crippen LogP) is 3.35. The molecule has 6 heteroatoms. The zero-order valence-electron chi connectivity index (χ0n) is 15.0. The monoisotopic (exact) mass is 349 g/mol. The average molecular weight is 349 g/mol. The van der Waals surface area contributed by atoms with Gasteiger partial charge in [0, 0.05) is 24.7 Å². The van der Waals surface area contributed by atoms with Crippen molar-refractivity contribution >= 4 is 11.6 Å². The molecule has 1 unspecified atom stereocenters. The van der Waals surface area contributed by atoms with Crippen LogP contribution in [0.3, 0.4) is 0 Å². The van der Waals surface area contributed by atoms with E-state index in [0.29, 0.717) is 49.2 Å². The number of Topliss-reactive ketones (excluding diaryl/α,β-unsaturated/α-hetero) is 2. The van der Waals surface area contributed by atoms with Crippen LogP contribution in [0.4, 0.5) is 0 Å². The summed E-state index contributed by atoms with van der Waals surface area (Å²) in [7, 11) is 0. The number of rotatable bonds is 2. The normalized spacial score (nSPS) is 49.1. The standard InChI is InChI=1S/C19H27NO5/c1-18-7-5-11(21)9-15(18)16(25-20(23)24)10-12-13-3-4-17(22)19(13,2)8-6-14(12)18/h12-16H,3-10H2,1-2H3/t12-,13-,14-,15?,16+,18+,19-/m0/s1. The molecule has 0 spiro atoms. The molecule has 4 saturated carbocycles. The second-order valence-electron chi connectivity index (χ2n) is 9.25. The number of hydrogen-bond acceptors (Lipinski definition) is 5. The molecule has 25 heavy (non-hydrogen) atoms. The van der Waals surface area contributed by atoms with Crippen LogP contribution in [0.25, 0.3) is 0 Å². The Labute approximate surface area is 147 Å². The third-order valence-electron chi connectivity index (χ3n) is 8.41. The molecule has 0 N–H and O–H groups in total. The Morgan fingerprint density at radius 3 is 2.56 bits per heavy atom. The summed E-state index contributed by atoms with van der Waals surface area (Å²) < 4.78 is 0. The van der Waals surface area contributed by atoms with Gasteiger partial charge in [0.15, 0.2) is 0 Å².